The second-order valence-electron chi connectivity index (χ2n) is 5.19. The fourth-order valence-electron chi connectivity index (χ4n) is 2.54. The van der Waals surface area contributed by atoms with E-state index < -0.39 is 10.0 Å². The van der Waals surface area contributed by atoms with Crippen LogP contribution < -0.4 is 15.4 Å². The lowest BCUT2D eigenvalue weighted by Crippen LogP contribution is -2.38. The molecular weight excluding hydrogens is 262 g/mol. The van der Waals surface area contributed by atoms with Crippen molar-refractivity contribution in [3.63, 3.8) is 0 Å². The van der Waals surface area contributed by atoms with Gasteiger partial charge in [0.15, 0.2) is 0 Å². The second kappa shape index (κ2) is 5.28. The molecule has 6 heteroatoms. The molecule has 0 saturated carbocycles. The first-order chi connectivity index (χ1) is 8.87. The molecule has 0 unspecified atom stereocenters. The smallest absolute Gasteiger partial charge is 0.229 e. The highest BCUT2D eigenvalue weighted by Crippen LogP contribution is 2.33. The number of hydrogen-bond acceptors (Lipinski definition) is 4. The van der Waals surface area contributed by atoms with Crippen molar-refractivity contribution in [2.75, 3.05) is 28.2 Å². The number of nitrogens with zero attached hydrogens (tertiary/aromatic N) is 1. The van der Waals surface area contributed by atoms with Crippen LogP contribution in [-0.4, -0.2) is 27.3 Å². The molecule has 0 aromatic heterocycles. The monoisotopic (exact) mass is 283 g/mol. The van der Waals surface area contributed by atoms with Crippen molar-refractivity contribution in [2.24, 2.45) is 0 Å². The average Bonchev–Trinajstić information content (AvgIpc) is 2.28. The molecule has 1 aliphatic heterocycles. The summed E-state index contributed by atoms with van der Waals surface area (Å²) in [6.45, 7) is 3.11. The highest BCUT2D eigenvalue weighted by atomic mass is 32.2. The molecular formula is C13H21N3O2S. The molecule has 1 aromatic rings. The van der Waals surface area contributed by atoms with Crippen molar-refractivity contribution in [2.45, 2.75) is 32.2 Å². The van der Waals surface area contributed by atoms with Crippen molar-refractivity contribution in [1.82, 2.24) is 0 Å². The molecule has 1 fully saturated rings. The van der Waals surface area contributed by atoms with Crippen LogP contribution in [0.1, 0.15) is 26.2 Å². The molecule has 0 spiro atoms. The molecule has 1 aromatic carbocycles. The largest absolute Gasteiger partial charge is 0.399 e. The summed E-state index contributed by atoms with van der Waals surface area (Å²) in [6, 6.07) is 5.80. The number of nitrogens with two attached hydrogens (primary N) is 1. The number of nitrogen functional groups attached to an aromatic ring is 1. The average molecular weight is 283 g/mol. The number of benzene rings is 1. The van der Waals surface area contributed by atoms with Gasteiger partial charge in [0.25, 0.3) is 0 Å². The van der Waals surface area contributed by atoms with Crippen LogP contribution >= 0.6 is 0 Å². The molecule has 1 atom stereocenters. The standard InChI is InChI=1S/C13H21N3O2S/c1-10-5-3-4-8-16(10)13-7-6-11(14)9-12(13)15-19(2,17)18/h6-7,9-10,15H,3-5,8,14H2,1-2H3/t10-/m1/s1. The van der Waals surface area contributed by atoms with Crippen LogP contribution in [0.4, 0.5) is 17.1 Å². The van der Waals surface area contributed by atoms with Gasteiger partial charge in [-0.05, 0) is 44.4 Å². The minimum atomic E-state index is -3.30. The first-order valence-electron chi connectivity index (χ1n) is 6.51. The SMILES string of the molecule is C[C@@H]1CCCCN1c1ccc(N)cc1NS(C)(=O)=O. The van der Waals surface area contributed by atoms with E-state index in [-0.39, 0.29) is 0 Å². The van der Waals surface area contributed by atoms with Gasteiger partial charge >= 0.3 is 0 Å². The summed E-state index contributed by atoms with van der Waals surface area (Å²) in [5, 5.41) is 0. The molecule has 5 nitrogen and oxygen atoms in total. The van der Waals surface area contributed by atoms with E-state index in [9.17, 15) is 8.42 Å². The maximum Gasteiger partial charge on any atom is 0.229 e. The minimum absolute atomic E-state index is 0.414. The number of nitrogens with one attached hydrogen (secondary N) is 1. The van der Waals surface area contributed by atoms with Crippen LogP contribution in [-0.2, 0) is 10.0 Å². The zero-order chi connectivity index (χ0) is 14.0. The zero-order valence-corrected chi connectivity index (χ0v) is 12.2. The highest BCUT2D eigenvalue weighted by molar-refractivity contribution is 7.92. The molecule has 0 amide bonds. The summed E-state index contributed by atoms with van der Waals surface area (Å²) in [5.41, 5.74) is 7.79. The Morgan fingerprint density at radius 3 is 2.74 bits per heavy atom. The van der Waals surface area contributed by atoms with Gasteiger partial charge in [-0.15, -0.1) is 0 Å². The van der Waals surface area contributed by atoms with E-state index in [0.29, 0.717) is 17.4 Å². The first kappa shape index (κ1) is 14.0. The molecule has 1 saturated heterocycles. The molecule has 0 radical (unpaired) electrons. The molecule has 3 N–H and O–H groups in total. The fourth-order valence-corrected chi connectivity index (χ4v) is 3.10. The normalized spacial score (nSPS) is 20.3. The first-order valence-corrected chi connectivity index (χ1v) is 8.40. The predicted molar refractivity (Wildman–Crippen MR) is 80.0 cm³/mol. The number of piperidine rings is 1. The third-order valence-corrected chi connectivity index (χ3v) is 4.02. The van der Waals surface area contributed by atoms with Crippen molar-refractivity contribution in [3.05, 3.63) is 18.2 Å². The summed E-state index contributed by atoms with van der Waals surface area (Å²) in [5.74, 6) is 0. The van der Waals surface area contributed by atoms with Crippen molar-refractivity contribution < 1.29 is 8.42 Å². The third-order valence-electron chi connectivity index (χ3n) is 3.43. The summed E-state index contributed by atoms with van der Waals surface area (Å²) < 4.78 is 25.5. The molecule has 1 heterocycles. The molecule has 0 aliphatic carbocycles. The summed E-state index contributed by atoms with van der Waals surface area (Å²) >= 11 is 0. The van der Waals surface area contributed by atoms with E-state index in [1.807, 2.05) is 12.1 Å². The Morgan fingerprint density at radius 2 is 2.11 bits per heavy atom. The van der Waals surface area contributed by atoms with E-state index in [2.05, 4.69) is 16.5 Å². The van der Waals surface area contributed by atoms with Crippen LogP contribution in [0.3, 0.4) is 0 Å². The topological polar surface area (TPSA) is 75.4 Å². The van der Waals surface area contributed by atoms with Crippen molar-refractivity contribution >= 4 is 27.1 Å². The van der Waals surface area contributed by atoms with Crippen LogP contribution in [0.15, 0.2) is 18.2 Å². The van der Waals surface area contributed by atoms with Crippen LogP contribution in [0.2, 0.25) is 0 Å². The van der Waals surface area contributed by atoms with Crippen LogP contribution in [0.5, 0.6) is 0 Å². The van der Waals surface area contributed by atoms with E-state index in [0.717, 1.165) is 31.3 Å². The van der Waals surface area contributed by atoms with E-state index in [1.165, 1.54) is 6.42 Å². The lowest BCUT2D eigenvalue weighted by molar-refractivity contribution is 0.485. The Kier molecular flexibility index (Phi) is 3.89. The fraction of sp³-hybridized carbons (Fsp3) is 0.538. The van der Waals surface area contributed by atoms with Gasteiger partial charge in [0.2, 0.25) is 10.0 Å². The van der Waals surface area contributed by atoms with Gasteiger partial charge in [-0.2, -0.15) is 0 Å². The Balaban J connectivity index is 2.38. The van der Waals surface area contributed by atoms with Gasteiger partial charge in [-0.3, -0.25) is 4.72 Å². The van der Waals surface area contributed by atoms with E-state index in [4.69, 9.17) is 5.73 Å². The molecule has 2 rings (SSSR count). The number of sulfonamides is 1. The van der Waals surface area contributed by atoms with Gasteiger partial charge < -0.3 is 10.6 Å². The number of rotatable bonds is 3. The third kappa shape index (κ3) is 3.53. The second-order valence-corrected chi connectivity index (χ2v) is 6.94. The minimum Gasteiger partial charge on any atom is -0.399 e. The highest BCUT2D eigenvalue weighted by Gasteiger charge is 2.21. The van der Waals surface area contributed by atoms with Gasteiger partial charge in [-0.25, -0.2) is 8.42 Å². The van der Waals surface area contributed by atoms with Crippen molar-refractivity contribution in [1.29, 1.82) is 0 Å². The predicted octanol–water partition coefficient (Wildman–Crippen LogP) is 2.02. The van der Waals surface area contributed by atoms with Crippen molar-refractivity contribution in [3.8, 4) is 0 Å². The lowest BCUT2D eigenvalue weighted by atomic mass is 10.0. The molecule has 0 bridgehead atoms. The maximum atomic E-state index is 11.5. The summed E-state index contributed by atoms with van der Waals surface area (Å²) in [7, 11) is -3.30. The summed E-state index contributed by atoms with van der Waals surface area (Å²) in [4.78, 5) is 2.25. The Morgan fingerprint density at radius 1 is 1.37 bits per heavy atom. The quantitative estimate of drug-likeness (QED) is 0.832. The van der Waals surface area contributed by atoms with E-state index in [1.54, 1.807) is 6.07 Å². The number of hydrogen-bond donors (Lipinski definition) is 2. The van der Waals surface area contributed by atoms with Crippen LogP contribution in [0, 0.1) is 0 Å². The number of anilines is 3. The molecule has 106 valence electrons. The van der Waals surface area contributed by atoms with Gasteiger partial charge in [0.1, 0.15) is 0 Å². The van der Waals surface area contributed by atoms with Gasteiger partial charge in [-0.1, -0.05) is 0 Å². The Labute approximate surface area is 114 Å². The molecule has 1 aliphatic rings. The maximum absolute atomic E-state index is 11.5. The molecule has 19 heavy (non-hydrogen) atoms. The lowest BCUT2D eigenvalue weighted by Gasteiger charge is -2.36. The van der Waals surface area contributed by atoms with Gasteiger partial charge in [0.05, 0.1) is 17.6 Å². The summed E-state index contributed by atoms with van der Waals surface area (Å²) in [6.07, 6.45) is 4.64. The van der Waals surface area contributed by atoms with Crippen LogP contribution in [0.25, 0.3) is 0 Å². The Hall–Kier alpha value is -1.43. The van der Waals surface area contributed by atoms with Gasteiger partial charge in [0, 0.05) is 18.3 Å². The Bertz CT molecular complexity index is 557. The van der Waals surface area contributed by atoms with E-state index >= 15 is 0 Å². The zero-order valence-electron chi connectivity index (χ0n) is 11.4.